The van der Waals surface area contributed by atoms with Crippen LogP contribution in [0.5, 0.6) is 0 Å². The molecule has 0 fully saturated rings. The molecular weight excluding hydrogens is 320 g/mol. The van der Waals surface area contributed by atoms with Crippen LogP contribution in [0.4, 0.5) is 23.0 Å². The van der Waals surface area contributed by atoms with Gasteiger partial charge in [0.25, 0.3) is 0 Å². The van der Waals surface area contributed by atoms with E-state index in [1.54, 1.807) is 30.4 Å². The maximum absolute atomic E-state index is 11.6. The molecule has 3 aromatic rings. The van der Waals surface area contributed by atoms with Crippen molar-refractivity contribution in [1.29, 1.82) is 0 Å². The van der Waals surface area contributed by atoms with Gasteiger partial charge in [0.2, 0.25) is 11.6 Å². The molecule has 1 aromatic carbocycles. The van der Waals surface area contributed by atoms with Crippen LogP contribution in [0.2, 0.25) is 0 Å². The molecule has 0 radical (unpaired) electrons. The highest BCUT2D eigenvalue weighted by Gasteiger charge is 2.26. The number of nitro groups is 1. The van der Waals surface area contributed by atoms with Crippen LogP contribution >= 0.6 is 0 Å². The summed E-state index contributed by atoms with van der Waals surface area (Å²) < 4.78 is 0. The summed E-state index contributed by atoms with van der Waals surface area (Å²) in [6.07, 6.45) is 4.67. The number of nitrogens with zero attached hydrogens (tertiary/aromatic N) is 5. The maximum Gasteiger partial charge on any atom is 0.353 e. The fraction of sp³-hybridized carbons (Fsp3) is 0.118. The molecule has 0 saturated carbocycles. The van der Waals surface area contributed by atoms with Crippen LogP contribution in [0.25, 0.3) is 0 Å². The van der Waals surface area contributed by atoms with Gasteiger partial charge in [-0.3, -0.25) is 15.1 Å². The Morgan fingerprint density at radius 2 is 1.96 bits per heavy atom. The zero-order valence-electron chi connectivity index (χ0n) is 13.5. The van der Waals surface area contributed by atoms with Crippen molar-refractivity contribution in [2.75, 3.05) is 17.3 Å². The maximum atomic E-state index is 11.6. The molecule has 0 unspecified atom stereocenters. The number of anilines is 3. The average molecular weight is 336 g/mol. The van der Waals surface area contributed by atoms with Crippen molar-refractivity contribution in [1.82, 2.24) is 15.0 Å². The summed E-state index contributed by atoms with van der Waals surface area (Å²) in [6, 6.07) is 13.0. The van der Waals surface area contributed by atoms with E-state index in [-0.39, 0.29) is 17.3 Å². The van der Waals surface area contributed by atoms with E-state index in [2.05, 4.69) is 20.3 Å². The summed E-state index contributed by atoms with van der Waals surface area (Å²) in [5, 5.41) is 14.6. The zero-order chi connectivity index (χ0) is 17.6. The van der Waals surface area contributed by atoms with Crippen LogP contribution in [0.15, 0.2) is 61.2 Å². The van der Waals surface area contributed by atoms with E-state index in [1.807, 2.05) is 36.4 Å². The first kappa shape index (κ1) is 16.3. The number of pyridine rings is 1. The third-order valence-electron chi connectivity index (χ3n) is 3.63. The van der Waals surface area contributed by atoms with Gasteiger partial charge < -0.3 is 10.2 Å². The van der Waals surface area contributed by atoms with Crippen molar-refractivity contribution >= 4 is 23.0 Å². The van der Waals surface area contributed by atoms with Crippen molar-refractivity contribution in [2.24, 2.45) is 0 Å². The van der Waals surface area contributed by atoms with Crippen LogP contribution in [-0.4, -0.2) is 26.9 Å². The fourth-order valence-corrected chi connectivity index (χ4v) is 2.37. The molecule has 0 aliphatic heterocycles. The van der Waals surface area contributed by atoms with Crippen LogP contribution in [-0.2, 0) is 6.54 Å². The third-order valence-corrected chi connectivity index (χ3v) is 3.63. The number of hydrogen-bond acceptors (Lipinski definition) is 7. The van der Waals surface area contributed by atoms with Crippen molar-refractivity contribution in [2.45, 2.75) is 6.54 Å². The first-order valence-electron chi connectivity index (χ1n) is 7.57. The second-order valence-corrected chi connectivity index (χ2v) is 5.26. The van der Waals surface area contributed by atoms with Crippen LogP contribution in [0.1, 0.15) is 5.56 Å². The second kappa shape index (κ2) is 7.35. The summed E-state index contributed by atoms with van der Waals surface area (Å²) in [5.41, 5.74) is 1.52. The largest absolute Gasteiger partial charge is 0.360 e. The topological polar surface area (TPSA) is 97.1 Å². The quantitative estimate of drug-likeness (QED) is 0.545. The van der Waals surface area contributed by atoms with Gasteiger partial charge in [0.15, 0.2) is 0 Å². The van der Waals surface area contributed by atoms with Crippen molar-refractivity contribution < 1.29 is 4.92 Å². The predicted octanol–water partition coefficient (Wildman–Crippen LogP) is 3.16. The smallest absolute Gasteiger partial charge is 0.353 e. The van der Waals surface area contributed by atoms with Gasteiger partial charge in [-0.05, 0) is 23.8 Å². The van der Waals surface area contributed by atoms with Gasteiger partial charge in [-0.2, -0.15) is 0 Å². The molecular formula is C17H16N6O2. The van der Waals surface area contributed by atoms with Crippen LogP contribution in [0, 0.1) is 10.1 Å². The molecule has 0 aliphatic rings. The van der Waals surface area contributed by atoms with Gasteiger partial charge in [-0.15, -0.1) is 0 Å². The first-order chi connectivity index (χ1) is 12.2. The molecule has 0 spiro atoms. The summed E-state index contributed by atoms with van der Waals surface area (Å²) in [7, 11) is 1.73. The minimum Gasteiger partial charge on any atom is -0.360 e. The predicted molar refractivity (Wildman–Crippen MR) is 94.8 cm³/mol. The number of aromatic nitrogens is 3. The Morgan fingerprint density at radius 3 is 2.64 bits per heavy atom. The van der Waals surface area contributed by atoms with E-state index in [1.165, 1.54) is 6.33 Å². The lowest BCUT2D eigenvalue weighted by Gasteiger charge is -2.18. The Labute approximate surface area is 144 Å². The molecule has 25 heavy (non-hydrogen) atoms. The van der Waals surface area contributed by atoms with Gasteiger partial charge in [0.05, 0.1) is 4.92 Å². The van der Waals surface area contributed by atoms with Gasteiger partial charge >= 0.3 is 5.69 Å². The summed E-state index contributed by atoms with van der Waals surface area (Å²) in [5.74, 6) is 0.390. The summed E-state index contributed by atoms with van der Waals surface area (Å²) >= 11 is 0. The molecule has 0 bridgehead atoms. The summed E-state index contributed by atoms with van der Waals surface area (Å²) in [6.45, 7) is 0.375. The highest BCUT2D eigenvalue weighted by Crippen LogP contribution is 2.34. The molecule has 8 heteroatoms. The molecule has 8 nitrogen and oxygen atoms in total. The lowest BCUT2D eigenvalue weighted by molar-refractivity contribution is -0.383. The van der Waals surface area contributed by atoms with Gasteiger partial charge in [-0.1, -0.05) is 24.3 Å². The van der Waals surface area contributed by atoms with Crippen molar-refractivity contribution in [3.8, 4) is 0 Å². The third kappa shape index (κ3) is 3.69. The summed E-state index contributed by atoms with van der Waals surface area (Å²) in [4.78, 5) is 25.0. The van der Waals surface area contributed by atoms with Crippen molar-refractivity contribution in [3.05, 3.63) is 76.9 Å². The van der Waals surface area contributed by atoms with E-state index >= 15 is 0 Å². The molecule has 2 heterocycles. The average Bonchev–Trinajstić information content (AvgIpc) is 2.66. The lowest BCUT2D eigenvalue weighted by Crippen LogP contribution is -2.15. The van der Waals surface area contributed by atoms with Gasteiger partial charge in [0.1, 0.15) is 6.33 Å². The van der Waals surface area contributed by atoms with E-state index in [4.69, 9.17) is 0 Å². The SMILES string of the molecule is CN(c1ccccc1)c1ncnc(NCc2cccnc2)c1[N+](=O)[O-]. The number of nitrogens with one attached hydrogen (secondary N) is 1. The number of para-hydroxylation sites is 1. The Balaban J connectivity index is 1.93. The van der Waals surface area contributed by atoms with Gasteiger partial charge in [0, 0.05) is 31.7 Å². The molecule has 0 saturated heterocycles. The molecule has 126 valence electrons. The Bertz CT molecular complexity index is 858. The number of rotatable bonds is 6. The molecule has 0 amide bonds. The molecule has 3 rings (SSSR count). The van der Waals surface area contributed by atoms with Crippen LogP contribution in [0.3, 0.4) is 0 Å². The van der Waals surface area contributed by atoms with E-state index in [0.29, 0.717) is 6.54 Å². The highest BCUT2D eigenvalue weighted by molar-refractivity contribution is 5.75. The monoisotopic (exact) mass is 336 g/mol. The van der Waals surface area contributed by atoms with E-state index in [9.17, 15) is 10.1 Å². The molecule has 2 aromatic heterocycles. The zero-order valence-corrected chi connectivity index (χ0v) is 13.5. The number of hydrogen-bond donors (Lipinski definition) is 1. The van der Waals surface area contributed by atoms with E-state index in [0.717, 1.165) is 11.3 Å². The standard InChI is InChI=1S/C17H16N6O2/c1-22(14-7-3-2-4-8-14)17-15(23(24)25)16(20-12-21-17)19-11-13-6-5-9-18-10-13/h2-10,12H,11H2,1H3,(H,19,20,21). The second-order valence-electron chi connectivity index (χ2n) is 5.26. The van der Waals surface area contributed by atoms with E-state index < -0.39 is 4.92 Å². The van der Waals surface area contributed by atoms with Crippen molar-refractivity contribution in [3.63, 3.8) is 0 Å². The number of benzene rings is 1. The minimum atomic E-state index is -0.472. The Hall–Kier alpha value is -3.55. The molecule has 0 aliphatic carbocycles. The van der Waals surface area contributed by atoms with Crippen LogP contribution < -0.4 is 10.2 Å². The Morgan fingerprint density at radius 1 is 1.16 bits per heavy atom. The molecule has 0 atom stereocenters. The highest BCUT2D eigenvalue weighted by atomic mass is 16.6. The minimum absolute atomic E-state index is 0.168. The lowest BCUT2D eigenvalue weighted by atomic mass is 10.2. The van der Waals surface area contributed by atoms with Gasteiger partial charge in [-0.25, -0.2) is 9.97 Å². The fourth-order valence-electron chi connectivity index (χ4n) is 2.37. The Kier molecular flexibility index (Phi) is 4.79. The first-order valence-corrected chi connectivity index (χ1v) is 7.57. The molecule has 1 N–H and O–H groups in total. The normalized spacial score (nSPS) is 10.3.